The van der Waals surface area contributed by atoms with Crippen molar-refractivity contribution < 1.29 is 5.11 Å². The van der Waals surface area contributed by atoms with Gasteiger partial charge in [0.1, 0.15) is 5.75 Å². The number of para-hydroxylation sites is 1. The van der Waals surface area contributed by atoms with Crippen LogP contribution in [0.4, 0.5) is 5.69 Å². The zero-order valence-corrected chi connectivity index (χ0v) is 11.6. The van der Waals surface area contributed by atoms with E-state index in [9.17, 15) is 5.11 Å². The molecule has 0 saturated carbocycles. The predicted molar refractivity (Wildman–Crippen MR) is 88.8 cm³/mol. The van der Waals surface area contributed by atoms with Gasteiger partial charge in [0.05, 0.1) is 5.69 Å². The van der Waals surface area contributed by atoms with Crippen LogP contribution in [0.25, 0.3) is 12.2 Å². The minimum absolute atomic E-state index is 0. The average Bonchev–Trinajstić information content (AvgIpc) is 2.45. The molecule has 0 aliphatic rings. The number of hydrogen-bond acceptors (Lipinski definition) is 3. The van der Waals surface area contributed by atoms with Crippen molar-refractivity contribution in [3.8, 4) is 5.75 Å². The first-order valence-corrected chi connectivity index (χ1v) is 6.30. The van der Waals surface area contributed by atoms with Crippen LogP contribution in [-0.2, 0) is 0 Å². The summed E-state index contributed by atoms with van der Waals surface area (Å²) in [6.45, 7) is 0. The molecule has 0 radical (unpaired) electrons. The van der Waals surface area contributed by atoms with Crippen molar-refractivity contribution in [2.75, 3.05) is 14.1 Å². The van der Waals surface area contributed by atoms with Crippen molar-refractivity contribution in [1.82, 2.24) is 5.01 Å². The summed E-state index contributed by atoms with van der Waals surface area (Å²) < 4.78 is 0. The normalized spacial score (nSPS) is 10.8. The van der Waals surface area contributed by atoms with E-state index in [0.29, 0.717) is 0 Å². The molecule has 5 heteroatoms. The fraction of sp³-hybridized carbons (Fsp3) is 0.125. The quantitative estimate of drug-likeness (QED) is 0.406. The Morgan fingerprint density at radius 1 is 0.952 bits per heavy atom. The Labute approximate surface area is 147 Å². The summed E-state index contributed by atoms with van der Waals surface area (Å²) in [4.78, 5) is 0. The van der Waals surface area contributed by atoms with Crippen molar-refractivity contribution in [2.24, 2.45) is 10.3 Å². The third-order valence-corrected chi connectivity index (χ3v) is 2.62. The van der Waals surface area contributed by atoms with Gasteiger partial charge in [-0.25, -0.2) is 0 Å². The molecule has 0 aliphatic carbocycles. The van der Waals surface area contributed by atoms with E-state index in [0.717, 1.165) is 16.8 Å². The van der Waals surface area contributed by atoms with Gasteiger partial charge < -0.3 is 5.11 Å². The van der Waals surface area contributed by atoms with Crippen molar-refractivity contribution in [2.45, 2.75) is 0 Å². The van der Waals surface area contributed by atoms with Crippen molar-refractivity contribution in [3.63, 3.8) is 0 Å². The maximum atomic E-state index is 9.67. The fourth-order valence-corrected chi connectivity index (χ4v) is 1.61. The molecule has 0 saturated heterocycles. The Bertz CT molecular complexity index is 622. The molecule has 0 aliphatic heterocycles. The molecule has 0 spiro atoms. The van der Waals surface area contributed by atoms with Crippen LogP contribution in [0.2, 0.25) is 0 Å². The molecule has 2 aromatic carbocycles. The molecular weight excluding hydrogens is 273 g/mol. The van der Waals surface area contributed by atoms with Crippen LogP contribution in [-0.4, -0.2) is 53.8 Å². The number of benzene rings is 2. The van der Waals surface area contributed by atoms with Gasteiger partial charge in [0.15, 0.2) is 0 Å². The molecule has 0 fully saturated rings. The van der Waals surface area contributed by atoms with E-state index >= 15 is 0 Å². The second-order valence-electron chi connectivity index (χ2n) is 4.52. The predicted octanol–water partition coefficient (Wildman–Crippen LogP) is 3.47. The standard InChI is InChI=1S/C16H17N3O.Na.H/c1-19(2)18-17-15-11-8-13(9-12-15)7-10-14-5-3-4-6-16(14)20;;/h3-12,20H,1-2H3;;/b10-7-,18-17+;;. The van der Waals surface area contributed by atoms with Gasteiger partial charge in [0, 0.05) is 19.7 Å². The topological polar surface area (TPSA) is 48.2 Å². The van der Waals surface area contributed by atoms with Crippen LogP contribution in [0.3, 0.4) is 0 Å². The summed E-state index contributed by atoms with van der Waals surface area (Å²) >= 11 is 0. The van der Waals surface area contributed by atoms with Crippen LogP contribution in [0.15, 0.2) is 58.9 Å². The van der Waals surface area contributed by atoms with Gasteiger partial charge in [0.2, 0.25) is 0 Å². The summed E-state index contributed by atoms with van der Waals surface area (Å²) in [6.07, 6.45) is 3.83. The summed E-state index contributed by atoms with van der Waals surface area (Å²) in [6, 6.07) is 15.0. The molecule has 0 unspecified atom stereocenters. The summed E-state index contributed by atoms with van der Waals surface area (Å²) in [5.74, 6) is 0.278. The van der Waals surface area contributed by atoms with E-state index in [1.165, 1.54) is 0 Å². The fourth-order valence-electron chi connectivity index (χ4n) is 1.61. The van der Waals surface area contributed by atoms with E-state index in [2.05, 4.69) is 10.3 Å². The van der Waals surface area contributed by atoms with Gasteiger partial charge in [0.25, 0.3) is 0 Å². The molecule has 2 rings (SSSR count). The third-order valence-electron chi connectivity index (χ3n) is 2.62. The number of nitrogens with zero attached hydrogens (tertiary/aromatic N) is 3. The summed E-state index contributed by atoms with van der Waals surface area (Å²) in [5.41, 5.74) is 2.64. The van der Waals surface area contributed by atoms with E-state index in [1.54, 1.807) is 17.1 Å². The van der Waals surface area contributed by atoms with Crippen LogP contribution in [0.5, 0.6) is 5.75 Å². The van der Waals surface area contributed by atoms with Crippen molar-refractivity contribution in [3.05, 3.63) is 59.7 Å². The molecule has 0 atom stereocenters. The van der Waals surface area contributed by atoms with Crippen molar-refractivity contribution >= 4 is 47.4 Å². The van der Waals surface area contributed by atoms with Gasteiger partial charge >= 0.3 is 29.6 Å². The maximum absolute atomic E-state index is 9.67. The van der Waals surface area contributed by atoms with Crippen molar-refractivity contribution in [1.29, 1.82) is 0 Å². The zero-order chi connectivity index (χ0) is 14.4. The Hall–Kier alpha value is -1.62. The molecule has 0 bridgehead atoms. The molecular formula is C16H18N3NaO. The summed E-state index contributed by atoms with van der Waals surface area (Å²) in [7, 11) is 3.65. The zero-order valence-electron chi connectivity index (χ0n) is 11.6. The first-order chi connectivity index (χ1) is 9.65. The van der Waals surface area contributed by atoms with E-state index in [4.69, 9.17) is 0 Å². The Morgan fingerprint density at radius 3 is 2.24 bits per heavy atom. The van der Waals surface area contributed by atoms with Gasteiger partial charge in [-0.1, -0.05) is 47.7 Å². The first kappa shape index (κ1) is 17.4. The second kappa shape index (κ2) is 8.62. The van der Waals surface area contributed by atoms with Gasteiger partial charge in [-0.2, -0.15) is 0 Å². The number of phenolic OH excluding ortho intramolecular Hbond substituents is 1. The molecule has 2 aromatic rings. The molecule has 21 heavy (non-hydrogen) atoms. The Kier molecular flexibility index (Phi) is 7.15. The SMILES string of the molecule is CN(C)/N=N/c1ccc(/C=C\c2ccccc2O)cc1.[NaH]. The van der Waals surface area contributed by atoms with Gasteiger partial charge in [-0.05, 0) is 23.8 Å². The van der Waals surface area contributed by atoms with Gasteiger partial charge in [-0.15, -0.1) is 5.11 Å². The van der Waals surface area contributed by atoms with Gasteiger partial charge in [-0.3, -0.25) is 5.01 Å². The molecule has 1 N–H and O–H groups in total. The van der Waals surface area contributed by atoms with E-state index in [1.807, 2.05) is 62.6 Å². The second-order valence-corrected chi connectivity index (χ2v) is 4.52. The van der Waals surface area contributed by atoms with Crippen LogP contribution in [0.1, 0.15) is 11.1 Å². The first-order valence-electron chi connectivity index (χ1n) is 6.30. The van der Waals surface area contributed by atoms with Crippen LogP contribution >= 0.6 is 0 Å². The molecule has 0 amide bonds. The van der Waals surface area contributed by atoms with Crippen LogP contribution < -0.4 is 0 Å². The monoisotopic (exact) mass is 291 g/mol. The molecule has 104 valence electrons. The summed E-state index contributed by atoms with van der Waals surface area (Å²) in [5, 5.41) is 19.3. The number of rotatable bonds is 4. The Morgan fingerprint density at radius 2 is 1.62 bits per heavy atom. The number of phenols is 1. The average molecular weight is 291 g/mol. The third kappa shape index (κ3) is 5.71. The minimum atomic E-state index is 0. The number of aromatic hydroxyl groups is 1. The molecule has 0 heterocycles. The molecule has 0 aromatic heterocycles. The molecule has 4 nitrogen and oxygen atoms in total. The Balaban J connectivity index is 0.00000220. The van der Waals surface area contributed by atoms with Crippen LogP contribution in [0, 0.1) is 0 Å². The number of hydrogen-bond donors (Lipinski definition) is 1. The van der Waals surface area contributed by atoms with E-state index in [-0.39, 0.29) is 35.3 Å². The van der Waals surface area contributed by atoms with E-state index < -0.39 is 0 Å².